The average Bonchev–Trinajstić information content (AvgIpc) is 2.60. The molecule has 23 heavy (non-hydrogen) atoms. The number of ether oxygens (including phenoxy) is 2. The van der Waals surface area contributed by atoms with E-state index in [2.05, 4.69) is 5.32 Å². The van der Waals surface area contributed by atoms with Crippen molar-refractivity contribution in [3.63, 3.8) is 0 Å². The molecular formula is C19H35NO3. The first-order valence-corrected chi connectivity index (χ1v) is 8.70. The fourth-order valence-electron chi connectivity index (χ4n) is 1.63. The number of nitrogens with one attached hydrogen (secondary N) is 1. The second kappa shape index (κ2) is 18.5. The Kier molecular flexibility index (Phi) is 19.1. The van der Waals surface area contributed by atoms with Crippen molar-refractivity contribution in [3.05, 3.63) is 24.3 Å². The lowest BCUT2D eigenvalue weighted by Crippen LogP contribution is -2.05. The molecule has 0 aromatic heterocycles. The van der Waals surface area contributed by atoms with E-state index in [1.165, 1.54) is 6.92 Å². The van der Waals surface area contributed by atoms with Crippen LogP contribution in [0.3, 0.4) is 0 Å². The Morgan fingerprint density at radius 1 is 1.04 bits per heavy atom. The molecule has 0 saturated carbocycles. The van der Waals surface area contributed by atoms with E-state index in [0.29, 0.717) is 13.2 Å². The van der Waals surface area contributed by atoms with Crippen molar-refractivity contribution >= 4 is 11.5 Å². The summed E-state index contributed by atoms with van der Waals surface area (Å²) in [7, 11) is 1.89. The molecule has 0 heterocycles. The van der Waals surface area contributed by atoms with Gasteiger partial charge in [-0.1, -0.05) is 33.8 Å². The molecule has 0 saturated heterocycles. The molecule has 0 aliphatic rings. The third-order valence-corrected chi connectivity index (χ3v) is 2.63. The van der Waals surface area contributed by atoms with Crippen LogP contribution in [0.5, 0.6) is 5.75 Å². The topological polar surface area (TPSA) is 47.6 Å². The van der Waals surface area contributed by atoms with Gasteiger partial charge in [0.15, 0.2) is 5.78 Å². The molecule has 0 amide bonds. The third kappa shape index (κ3) is 15.1. The van der Waals surface area contributed by atoms with E-state index in [1.54, 1.807) is 0 Å². The maximum atomic E-state index is 10.6. The lowest BCUT2D eigenvalue weighted by atomic mass is 10.2. The number of carbonyl (C=O) groups excluding carboxylic acids is 1. The minimum atomic E-state index is 0.0766. The Morgan fingerprint density at radius 2 is 1.70 bits per heavy atom. The van der Waals surface area contributed by atoms with Gasteiger partial charge in [-0.2, -0.15) is 0 Å². The number of ketones is 1. The van der Waals surface area contributed by atoms with Crippen molar-refractivity contribution in [1.82, 2.24) is 0 Å². The molecule has 0 aliphatic carbocycles. The van der Waals surface area contributed by atoms with E-state index >= 15 is 0 Å². The lowest BCUT2D eigenvalue weighted by molar-refractivity contribution is -0.121. The van der Waals surface area contributed by atoms with Crippen molar-refractivity contribution < 1.29 is 14.3 Å². The van der Waals surface area contributed by atoms with Crippen LogP contribution in [-0.4, -0.2) is 32.7 Å². The third-order valence-electron chi connectivity index (χ3n) is 2.63. The molecule has 0 radical (unpaired) electrons. The predicted molar refractivity (Wildman–Crippen MR) is 99.5 cm³/mol. The Balaban J connectivity index is 0. The largest absolute Gasteiger partial charge is 0.494 e. The molecule has 1 rings (SSSR count). The highest BCUT2D eigenvalue weighted by molar-refractivity contribution is 5.76. The number of Topliss-reactive ketones (excluding diaryl/α,β-unsaturated/α-hetero) is 1. The molecule has 1 N–H and O–H groups in total. The van der Waals surface area contributed by atoms with Crippen LogP contribution >= 0.6 is 0 Å². The van der Waals surface area contributed by atoms with Crippen molar-refractivity contribution in [2.75, 3.05) is 32.2 Å². The molecule has 0 atom stereocenters. The summed E-state index contributed by atoms with van der Waals surface area (Å²) in [6, 6.07) is 7.91. The van der Waals surface area contributed by atoms with Gasteiger partial charge in [0.25, 0.3) is 0 Å². The second-order valence-corrected chi connectivity index (χ2v) is 4.44. The molecule has 0 fully saturated rings. The summed E-state index contributed by atoms with van der Waals surface area (Å²) < 4.78 is 10.8. The molecule has 4 nitrogen and oxygen atoms in total. The predicted octanol–water partition coefficient (Wildman–Crippen LogP) is 4.94. The Bertz CT molecular complexity index is 381. The zero-order valence-corrected chi connectivity index (χ0v) is 15.8. The number of hydrogen-bond acceptors (Lipinski definition) is 4. The maximum Gasteiger partial charge on any atom is 0.155 e. The maximum absolute atomic E-state index is 10.6. The van der Waals surface area contributed by atoms with Crippen LogP contribution < -0.4 is 10.1 Å². The minimum absolute atomic E-state index is 0.0766. The van der Waals surface area contributed by atoms with Gasteiger partial charge in [-0.05, 0) is 38.3 Å². The fourth-order valence-corrected chi connectivity index (χ4v) is 1.63. The van der Waals surface area contributed by atoms with E-state index in [1.807, 2.05) is 59.0 Å². The van der Waals surface area contributed by atoms with Crippen LogP contribution in [0, 0.1) is 0 Å². The summed E-state index contributed by atoms with van der Waals surface area (Å²) in [5.41, 5.74) is 1.05. The van der Waals surface area contributed by atoms with Gasteiger partial charge in [0, 0.05) is 25.4 Å². The molecule has 0 bridgehead atoms. The first kappa shape index (κ1) is 23.7. The molecule has 1 aromatic rings. The van der Waals surface area contributed by atoms with E-state index in [-0.39, 0.29) is 12.4 Å². The molecule has 0 aliphatic heterocycles. The zero-order valence-electron chi connectivity index (χ0n) is 15.8. The van der Waals surface area contributed by atoms with Gasteiger partial charge < -0.3 is 14.8 Å². The zero-order chi connectivity index (χ0) is 17.9. The summed E-state index contributed by atoms with van der Waals surface area (Å²) in [5.74, 6) is 0.965. The number of benzene rings is 1. The van der Waals surface area contributed by atoms with Gasteiger partial charge in [0.05, 0.1) is 6.61 Å². The van der Waals surface area contributed by atoms with Crippen LogP contribution in [0.2, 0.25) is 0 Å². The van der Waals surface area contributed by atoms with Crippen molar-refractivity contribution in [2.24, 2.45) is 0 Å². The van der Waals surface area contributed by atoms with E-state index < -0.39 is 0 Å². The number of carbonyl (C=O) groups is 1. The van der Waals surface area contributed by atoms with Crippen LogP contribution in [0.4, 0.5) is 5.69 Å². The highest BCUT2D eigenvalue weighted by Crippen LogP contribution is 2.16. The van der Waals surface area contributed by atoms with Crippen LogP contribution in [-0.2, 0) is 9.53 Å². The van der Waals surface area contributed by atoms with Crippen LogP contribution in [0.15, 0.2) is 24.3 Å². The Hall–Kier alpha value is -1.55. The first-order valence-electron chi connectivity index (χ1n) is 8.70. The molecule has 134 valence electrons. The Morgan fingerprint density at radius 3 is 2.30 bits per heavy atom. The standard InChI is InChI=1S/C15H23NO3.2C2H6/c1-13(17)12-18-9-4-3-5-10-19-15-8-6-7-14(11-15)16-2;2*1-2/h6-8,11,16H,3-5,9-10,12H2,1-2H3;2*1-2H3. The molecular weight excluding hydrogens is 290 g/mol. The summed E-state index contributed by atoms with van der Waals surface area (Å²) in [6.07, 6.45) is 3.00. The quantitative estimate of drug-likeness (QED) is 0.619. The monoisotopic (exact) mass is 325 g/mol. The van der Waals surface area contributed by atoms with Gasteiger partial charge in [-0.25, -0.2) is 0 Å². The highest BCUT2D eigenvalue weighted by atomic mass is 16.5. The number of anilines is 1. The normalized spacial score (nSPS) is 8.96. The number of unbranched alkanes of at least 4 members (excludes halogenated alkanes) is 2. The molecule has 0 spiro atoms. The summed E-state index contributed by atoms with van der Waals surface area (Å²) in [5, 5.41) is 3.08. The van der Waals surface area contributed by atoms with Gasteiger partial charge in [0.1, 0.15) is 12.4 Å². The van der Waals surface area contributed by atoms with Crippen LogP contribution in [0.1, 0.15) is 53.9 Å². The smallest absolute Gasteiger partial charge is 0.155 e. The Labute approximate surface area is 142 Å². The van der Waals surface area contributed by atoms with Crippen molar-refractivity contribution in [3.8, 4) is 5.75 Å². The SMILES string of the molecule is CC.CC.CNc1cccc(OCCCCCOCC(C)=O)c1. The summed E-state index contributed by atoms with van der Waals surface area (Å²) in [6.45, 7) is 11.1. The summed E-state index contributed by atoms with van der Waals surface area (Å²) >= 11 is 0. The summed E-state index contributed by atoms with van der Waals surface area (Å²) in [4.78, 5) is 10.6. The first-order chi connectivity index (χ1) is 11.2. The van der Waals surface area contributed by atoms with Gasteiger partial charge >= 0.3 is 0 Å². The van der Waals surface area contributed by atoms with Crippen molar-refractivity contribution in [2.45, 2.75) is 53.9 Å². The van der Waals surface area contributed by atoms with Gasteiger partial charge in [-0.15, -0.1) is 0 Å². The highest BCUT2D eigenvalue weighted by Gasteiger charge is 1.96. The van der Waals surface area contributed by atoms with Crippen LogP contribution in [0.25, 0.3) is 0 Å². The van der Waals surface area contributed by atoms with Gasteiger partial charge in [-0.3, -0.25) is 4.79 Å². The van der Waals surface area contributed by atoms with Gasteiger partial charge in [0.2, 0.25) is 0 Å². The molecule has 4 heteroatoms. The number of rotatable bonds is 10. The van der Waals surface area contributed by atoms with E-state index in [4.69, 9.17) is 9.47 Å². The fraction of sp³-hybridized carbons (Fsp3) is 0.632. The second-order valence-electron chi connectivity index (χ2n) is 4.44. The minimum Gasteiger partial charge on any atom is -0.494 e. The molecule has 0 unspecified atom stereocenters. The lowest BCUT2D eigenvalue weighted by Gasteiger charge is -2.08. The van der Waals surface area contributed by atoms with E-state index in [9.17, 15) is 4.79 Å². The van der Waals surface area contributed by atoms with Crippen molar-refractivity contribution in [1.29, 1.82) is 0 Å². The number of hydrogen-bond donors (Lipinski definition) is 1. The van der Waals surface area contributed by atoms with E-state index in [0.717, 1.165) is 30.7 Å². The average molecular weight is 325 g/mol. The molecule has 1 aromatic carbocycles.